The third kappa shape index (κ3) is 5.99. The lowest BCUT2D eigenvalue weighted by molar-refractivity contribution is -0.122. The number of carbonyl (C=O) groups is 1. The van der Waals surface area contributed by atoms with Crippen LogP contribution >= 0.6 is 12.4 Å². The quantitative estimate of drug-likeness (QED) is 0.714. The Morgan fingerprint density at radius 1 is 1.08 bits per heavy atom. The lowest BCUT2D eigenvalue weighted by Crippen LogP contribution is -2.47. The molecule has 0 aromatic heterocycles. The van der Waals surface area contributed by atoms with Crippen molar-refractivity contribution in [1.29, 1.82) is 0 Å². The normalized spacial score (nSPS) is 24.8. The molecule has 2 N–H and O–H groups in total. The smallest absolute Gasteiger partial charge is 0.220 e. The summed E-state index contributed by atoms with van der Waals surface area (Å²) >= 11 is 0. The number of aryl methyl sites for hydroxylation is 1. The molecule has 0 radical (unpaired) electrons. The second kappa shape index (κ2) is 9.23. The van der Waals surface area contributed by atoms with Crippen molar-refractivity contribution < 1.29 is 4.79 Å². The molecule has 3 nitrogen and oxygen atoms in total. The van der Waals surface area contributed by atoms with Gasteiger partial charge in [-0.2, -0.15) is 0 Å². The Kier molecular flexibility index (Phi) is 7.54. The van der Waals surface area contributed by atoms with Gasteiger partial charge in [-0.25, -0.2) is 0 Å². The van der Waals surface area contributed by atoms with E-state index in [9.17, 15) is 4.79 Å². The number of amides is 1. The molecule has 1 amide bonds. The van der Waals surface area contributed by atoms with Crippen LogP contribution in [0.1, 0.15) is 76.8 Å². The largest absolute Gasteiger partial charge is 0.353 e. The summed E-state index contributed by atoms with van der Waals surface area (Å²) in [7, 11) is 0. The van der Waals surface area contributed by atoms with E-state index in [0.29, 0.717) is 24.5 Å². The summed E-state index contributed by atoms with van der Waals surface area (Å²) in [6.45, 7) is 6.73. The highest BCUT2D eigenvalue weighted by Gasteiger charge is 2.33. The van der Waals surface area contributed by atoms with Gasteiger partial charge in [-0.3, -0.25) is 4.79 Å². The Hall–Kier alpha value is -1.06. The van der Waals surface area contributed by atoms with Gasteiger partial charge in [0.05, 0.1) is 0 Å². The number of rotatable bonds is 6. The fourth-order valence-electron chi connectivity index (χ4n) is 4.26. The molecule has 3 rings (SSSR count). The second-order valence-corrected chi connectivity index (χ2v) is 9.03. The van der Waals surface area contributed by atoms with Gasteiger partial charge < -0.3 is 10.6 Å². The summed E-state index contributed by atoms with van der Waals surface area (Å²) in [5.41, 5.74) is 2.97. The van der Waals surface area contributed by atoms with Crippen LogP contribution in [0.15, 0.2) is 24.3 Å². The maximum absolute atomic E-state index is 12.2. The molecule has 0 spiro atoms. The molecule has 0 aliphatic carbocycles. The zero-order chi connectivity index (χ0) is 17.9. The molecule has 2 fully saturated rings. The van der Waals surface area contributed by atoms with Crippen molar-refractivity contribution in [1.82, 2.24) is 10.6 Å². The van der Waals surface area contributed by atoms with Gasteiger partial charge in [-0.1, -0.05) is 45.0 Å². The monoisotopic (exact) mass is 378 g/mol. The highest BCUT2D eigenvalue weighted by molar-refractivity contribution is 5.85. The molecule has 2 aliphatic rings. The zero-order valence-corrected chi connectivity index (χ0v) is 17.3. The summed E-state index contributed by atoms with van der Waals surface area (Å²) in [6, 6.07) is 10.6. The minimum Gasteiger partial charge on any atom is -0.353 e. The van der Waals surface area contributed by atoms with E-state index in [1.807, 2.05) is 0 Å². The van der Waals surface area contributed by atoms with E-state index in [0.717, 1.165) is 32.1 Å². The topological polar surface area (TPSA) is 41.1 Å². The number of benzene rings is 1. The van der Waals surface area contributed by atoms with Crippen LogP contribution in [0.3, 0.4) is 0 Å². The van der Waals surface area contributed by atoms with Gasteiger partial charge in [-0.15, -0.1) is 12.4 Å². The summed E-state index contributed by atoms with van der Waals surface area (Å²) < 4.78 is 0. The van der Waals surface area contributed by atoms with Crippen LogP contribution in [-0.4, -0.2) is 24.0 Å². The third-order valence-corrected chi connectivity index (χ3v) is 5.78. The second-order valence-electron chi connectivity index (χ2n) is 9.03. The molecule has 2 unspecified atom stereocenters. The number of halogens is 1. The number of fused-ring (bicyclic) bond motifs is 2. The number of piperidine rings is 1. The highest BCUT2D eigenvalue weighted by atomic mass is 35.5. The Morgan fingerprint density at radius 2 is 1.69 bits per heavy atom. The Labute approximate surface area is 165 Å². The van der Waals surface area contributed by atoms with Crippen LogP contribution in [0.2, 0.25) is 0 Å². The van der Waals surface area contributed by atoms with Crippen molar-refractivity contribution in [3.8, 4) is 0 Å². The van der Waals surface area contributed by atoms with Crippen LogP contribution in [0.5, 0.6) is 0 Å². The fourth-order valence-corrected chi connectivity index (χ4v) is 4.26. The first-order valence-corrected chi connectivity index (χ1v) is 10.0. The predicted molar refractivity (Wildman–Crippen MR) is 111 cm³/mol. The number of hydrogen-bond donors (Lipinski definition) is 2. The molecular formula is C22H35ClN2O. The van der Waals surface area contributed by atoms with Crippen LogP contribution < -0.4 is 10.6 Å². The van der Waals surface area contributed by atoms with Crippen LogP contribution in [0.4, 0.5) is 0 Å². The van der Waals surface area contributed by atoms with Crippen molar-refractivity contribution >= 4 is 18.3 Å². The summed E-state index contributed by atoms with van der Waals surface area (Å²) in [5, 5.41) is 6.89. The first-order valence-electron chi connectivity index (χ1n) is 10.0. The molecule has 0 saturated carbocycles. The summed E-state index contributed by atoms with van der Waals surface area (Å²) in [4.78, 5) is 12.2. The molecule has 1 aromatic carbocycles. The average Bonchev–Trinajstić information content (AvgIpc) is 2.90. The molecule has 26 heavy (non-hydrogen) atoms. The lowest BCUT2D eigenvalue weighted by Gasteiger charge is -2.29. The van der Waals surface area contributed by atoms with E-state index in [1.165, 1.54) is 24.0 Å². The van der Waals surface area contributed by atoms with Crippen molar-refractivity contribution in [3.05, 3.63) is 35.4 Å². The standard InChI is InChI=1S/C22H34N2O.ClH/c1-22(2,3)17-10-8-16(9-11-17)6-4-5-7-21(25)24-20-14-18-12-13-19(15-20)23-18;/h8-11,18-20,23H,4-7,12-15H2,1-3H3,(H,24,25);1H. The molecule has 146 valence electrons. The predicted octanol–water partition coefficient (Wildman–Crippen LogP) is 4.52. The zero-order valence-electron chi connectivity index (χ0n) is 16.5. The highest BCUT2D eigenvalue weighted by Crippen LogP contribution is 2.27. The maximum atomic E-state index is 12.2. The molecule has 1 aromatic rings. The average molecular weight is 379 g/mol. The van der Waals surface area contributed by atoms with E-state index in [2.05, 4.69) is 55.7 Å². The molecule has 2 bridgehead atoms. The number of hydrogen-bond acceptors (Lipinski definition) is 2. The van der Waals surface area contributed by atoms with Crippen molar-refractivity contribution in [2.45, 2.75) is 95.7 Å². The number of carbonyl (C=O) groups excluding carboxylic acids is 1. The van der Waals surface area contributed by atoms with Crippen LogP contribution in [0, 0.1) is 0 Å². The molecular weight excluding hydrogens is 344 g/mol. The van der Waals surface area contributed by atoms with Gasteiger partial charge in [0.15, 0.2) is 0 Å². The summed E-state index contributed by atoms with van der Waals surface area (Å²) in [6.07, 6.45) is 8.58. The lowest BCUT2D eigenvalue weighted by atomic mass is 9.86. The van der Waals surface area contributed by atoms with Crippen molar-refractivity contribution in [2.24, 2.45) is 0 Å². The first kappa shape index (κ1) is 21.2. The van der Waals surface area contributed by atoms with E-state index in [1.54, 1.807) is 0 Å². The van der Waals surface area contributed by atoms with Gasteiger partial charge in [0, 0.05) is 24.5 Å². The van der Waals surface area contributed by atoms with Crippen LogP contribution in [0.25, 0.3) is 0 Å². The SMILES string of the molecule is CC(C)(C)c1ccc(CCCCC(=O)NC2CC3CCC(C2)N3)cc1.Cl. The van der Waals surface area contributed by atoms with E-state index < -0.39 is 0 Å². The fraction of sp³-hybridized carbons (Fsp3) is 0.682. The minimum atomic E-state index is 0. The molecule has 2 atom stereocenters. The van der Waals surface area contributed by atoms with Gasteiger partial charge in [0.2, 0.25) is 5.91 Å². The van der Waals surface area contributed by atoms with Gasteiger partial charge in [0.1, 0.15) is 0 Å². The minimum absolute atomic E-state index is 0. The molecule has 2 saturated heterocycles. The Bertz CT molecular complexity index is 567. The Morgan fingerprint density at radius 3 is 2.27 bits per heavy atom. The number of unbranched alkanes of at least 4 members (excludes halogenated alkanes) is 1. The van der Waals surface area contributed by atoms with Crippen molar-refractivity contribution in [2.75, 3.05) is 0 Å². The van der Waals surface area contributed by atoms with Gasteiger partial charge in [0.25, 0.3) is 0 Å². The molecule has 2 aliphatic heterocycles. The van der Waals surface area contributed by atoms with E-state index >= 15 is 0 Å². The van der Waals surface area contributed by atoms with Gasteiger partial charge in [-0.05, 0) is 61.5 Å². The number of nitrogens with one attached hydrogen (secondary N) is 2. The molecule has 2 heterocycles. The molecule has 4 heteroatoms. The maximum Gasteiger partial charge on any atom is 0.220 e. The summed E-state index contributed by atoms with van der Waals surface area (Å²) in [5.74, 6) is 0.245. The van der Waals surface area contributed by atoms with E-state index in [-0.39, 0.29) is 23.7 Å². The Balaban J connectivity index is 0.00000243. The first-order chi connectivity index (χ1) is 11.9. The van der Waals surface area contributed by atoms with Crippen LogP contribution in [-0.2, 0) is 16.6 Å². The van der Waals surface area contributed by atoms with Crippen molar-refractivity contribution in [3.63, 3.8) is 0 Å². The third-order valence-electron chi connectivity index (χ3n) is 5.78. The van der Waals surface area contributed by atoms with E-state index in [4.69, 9.17) is 0 Å². The van der Waals surface area contributed by atoms with Gasteiger partial charge >= 0.3 is 0 Å².